The minimum atomic E-state index is -4.38. The number of benzene rings is 2. The maximum atomic E-state index is 12.8. The number of rotatable bonds is 2. The Kier molecular flexibility index (Phi) is 4.36. The van der Waals surface area contributed by atoms with Gasteiger partial charge in [0, 0.05) is 23.7 Å². The number of anilines is 1. The van der Waals surface area contributed by atoms with Crippen LogP contribution in [0.1, 0.15) is 36.8 Å². The Balaban J connectivity index is 1.49. The summed E-state index contributed by atoms with van der Waals surface area (Å²) in [5.74, 6) is 0. The maximum Gasteiger partial charge on any atom is 0.416 e. The van der Waals surface area contributed by atoms with Crippen LogP contribution < -0.4 is 5.32 Å². The van der Waals surface area contributed by atoms with Crippen molar-refractivity contribution >= 4 is 11.7 Å². The molecule has 3 nitrogen and oxygen atoms in total. The zero-order valence-corrected chi connectivity index (χ0v) is 14.8. The molecule has 3 fully saturated rings. The van der Waals surface area contributed by atoms with Gasteiger partial charge in [-0.15, -0.1) is 0 Å². The van der Waals surface area contributed by atoms with Crippen LogP contribution in [0.2, 0.25) is 0 Å². The summed E-state index contributed by atoms with van der Waals surface area (Å²) in [5, 5.41) is 2.76. The summed E-state index contributed by atoms with van der Waals surface area (Å²) in [5.41, 5.74) is 0.896. The molecule has 6 heteroatoms. The highest BCUT2D eigenvalue weighted by Gasteiger charge is 2.47. The number of alkyl halides is 3. The molecule has 142 valence electrons. The lowest BCUT2D eigenvalue weighted by atomic mass is 9.64. The Morgan fingerprint density at radius 1 is 1.00 bits per heavy atom. The van der Waals surface area contributed by atoms with E-state index in [1.807, 2.05) is 23.1 Å². The summed E-state index contributed by atoms with van der Waals surface area (Å²) < 4.78 is 38.0. The Morgan fingerprint density at radius 3 is 2.22 bits per heavy atom. The second-order valence-electron chi connectivity index (χ2n) is 7.51. The molecule has 0 radical (unpaired) electrons. The molecule has 0 aromatic heterocycles. The van der Waals surface area contributed by atoms with E-state index in [1.54, 1.807) is 0 Å². The first kappa shape index (κ1) is 17.9. The van der Waals surface area contributed by atoms with Gasteiger partial charge in [-0.25, -0.2) is 4.79 Å². The summed E-state index contributed by atoms with van der Waals surface area (Å²) in [6, 6.07) is 14.8. The summed E-state index contributed by atoms with van der Waals surface area (Å²) in [4.78, 5) is 14.7. The van der Waals surface area contributed by atoms with Crippen molar-refractivity contribution in [2.75, 3.05) is 11.9 Å². The van der Waals surface area contributed by atoms with Crippen molar-refractivity contribution in [2.24, 2.45) is 0 Å². The van der Waals surface area contributed by atoms with Gasteiger partial charge in [0.2, 0.25) is 0 Å². The number of urea groups is 1. The van der Waals surface area contributed by atoms with Crippen LogP contribution in [-0.2, 0) is 11.6 Å². The molecule has 0 spiro atoms. The largest absolute Gasteiger partial charge is 0.416 e. The monoisotopic (exact) mass is 374 g/mol. The summed E-state index contributed by atoms with van der Waals surface area (Å²) >= 11 is 0. The SMILES string of the molecule is O=C(Nc1ccc(C(F)(F)F)cc1)N1CC2(c3ccccc3)CCC1CC2. The first-order valence-electron chi connectivity index (χ1n) is 9.18. The van der Waals surface area contributed by atoms with Crippen molar-refractivity contribution in [2.45, 2.75) is 43.3 Å². The zero-order valence-electron chi connectivity index (χ0n) is 14.8. The van der Waals surface area contributed by atoms with Crippen LogP contribution >= 0.6 is 0 Å². The van der Waals surface area contributed by atoms with E-state index in [-0.39, 0.29) is 17.5 Å². The smallest absolute Gasteiger partial charge is 0.321 e. The van der Waals surface area contributed by atoms with Gasteiger partial charge in [-0.3, -0.25) is 0 Å². The van der Waals surface area contributed by atoms with Gasteiger partial charge in [0.05, 0.1) is 5.56 Å². The Hall–Kier alpha value is -2.50. The van der Waals surface area contributed by atoms with E-state index in [0.717, 1.165) is 37.8 Å². The van der Waals surface area contributed by atoms with Crippen molar-refractivity contribution < 1.29 is 18.0 Å². The van der Waals surface area contributed by atoms with Crippen LogP contribution in [0.4, 0.5) is 23.7 Å². The fourth-order valence-electron chi connectivity index (χ4n) is 4.43. The number of piperidine rings is 2. The summed E-state index contributed by atoms with van der Waals surface area (Å²) in [7, 11) is 0. The van der Waals surface area contributed by atoms with E-state index in [2.05, 4.69) is 17.4 Å². The number of halogens is 3. The summed E-state index contributed by atoms with van der Waals surface area (Å²) in [6.45, 7) is 0.647. The van der Waals surface area contributed by atoms with E-state index >= 15 is 0 Å². The van der Waals surface area contributed by atoms with Gasteiger partial charge in [0.1, 0.15) is 0 Å². The minimum absolute atomic E-state index is 0.0203. The average Bonchev–Trinajstić information content (AvgIpc) is 2.69. The van der Waals surface area contributed by atoms with Crippen molar-refractivity contribution in [3.63, 3.8) is 0 Å². The zero-order chi connectivity index (χ0) is 19.1. The third-order valence-electron chi connectivity index (χ3n) is 5.94. The topological polar surface area (TPSA) is 32.3 Å². The van der Waals surface area contributed by atoms with Crippen LogP contribution in [0.25, 0.3) is 0 Å². The third-order valence-corrected chi connectivity index (χ3v) is 5.94. The molecule has 3 aliphatic rings. The highest BCUT2D eigenvalue weighted by molar-refractivity contribution is 5.89. The van der Waals surface area contributed by atoms with Gasteiger partial charge in [-0.1, -0.05) is 30.3 Å². The van der Waals surface area contributed by atoms with Gasteiger partial charge in [0.25, 0.3) is 0 Å². The van der Waals surface area contributed by atoms with Crippen molar-refractivity contribution in [1.82, 2.24) is 4.90 Å². The summed E-state index contributed by atoms with van der Waals surface area (Å²) in [6.07, 6.45) is -0.348. The lowest BCUT2D eigenvalue weighted by Crippen LogP contribution is -2.58. The number of carbonyl (C=O) groups excluding carboxylic acids is 1. The van der Waals surface area contributed by atoms with Gasteiger partial charge in [-0.05, 0) is 55.5 Å². The Bertz CT molecular complexity index is 810. The molecule has 5 rings (SSSR count). The molecule has 2 saturated heterocycles. The van der Waals surface area contributed by atoms with Gasteiger partial charge in [-0.2, -0.15) is 13.2 Å². The predicted molar refractivity (Wildman–Crippen MR) is 97.5 cm³/mol. The highest BCUT2D eigenvalue weighted by Crippen LogP contribution is 2.46. The molecule has 0 unspecified atom stereocenters. The molecule has 1 saturated carbocycles. The van der Waals surface area contributed by atoms with E-state index in [9.17, 15) is 18.0 Å². The molecule has 2 heterocycles. The third kappa shape index (κ3) is 3.40. The molecule has 2 aromatic rings. The number of nitrogens with one attached hydrogen (secondary N) is 1. The molecule has 2 aromatic carbocycles. The number of nitrogens with zero attached hydrogens (tertiary/aromatic N) is 1. The van der Waals surface area contributed by atoms with Gasteiger partial charge < -0.3 is 10.2 Å². The first-order chi connectivity index (χ1) is 12.9. The normalized spacial score (nSPS) is 24.7. The molecular formula is C21H21F3N2O. The van der Waals surface area contributed by atoms with Gasteiger partial charge >= 0.3 is 12.2 Å². The second-order valence-corrected chi connectivity index (χ2v) is 7.51. The molecule has 1 aliphatic carbocycles. The first-order valence-corrected chi connectivity index (χ1v) is 9.18. The quantitative estimate of drug-likeness (QED) is 0.747. The molecule has 1 N–H and O–H groups in total. The Morgan fingerprint density at radius 2 is 1.63 bits per heavy atom. The van der Waals surface area contributed by atoms with E-state index in [1.165, 1.54) is 17.7 Å². The van der Waals surface area contributed by atoms with Crippen LogP contribution in [0.5, 0.6) is 0 Å². The fourth-order valence-corrected chi connectivity index (χ4v) is 4.43. The molecular weight excluding hydrogens is 353 g/mol. The van der Waals surface area contributed by atoms with Crippen LogP contribution in [0.15, 0.2) is 54.6 Å². The van der Waals surface area contributed by atoms with E-state index in [4.69, 9.17) is 0 Å². The molecule has 2 amide bonds. The number of amides is 2. The number of hydrogen-bond acceptors (Lipinski definition) is 1. The molecule has 27 heavy (non-hydrogen) atoms. The van der Waals surface area contributed by atoms with Crippen molar-refractivity contribution in [3.05, 3.63) is 65.7 Å². The van der Waals surface area contributed by atoms with Crippen molar-refractivity contribution in [3.8, 4) is 0 Å². The van der Waals surface area contributed by atoms with Crippen molar-refractivity contribution in [1.29, 1.82) is 0 Å². The molecule has 2 aliphatic heterocycles. The molecule has 2 bridgehead atoms. The van der Waals surface area contributed by atoms with Gasteiger partial charge in [0.15, 0.2) is 0 Å². The van der Waals surface area contributed by atoms with Crippen LogP contribution in [0, 0.1) is 0 Å². The van der Waals surface area contributed by atoms with Crippen LogP contribution in [-0.4, -0.2) is 23.5 Å². The number of hydrogen-bond donors (Lipinski definition) is 1. The number of fused-ring (bicyclic) bond motifs is 3. The second kappa shape index (κ2) is 6.59. The van der Waals surface area contributed by atoms with E-state index < -0.39 is 11.7 Å². The predicted octanol–water partition coefficient (Wildman–Crippen LogP) is 5.43. The maximum absolute atomic E-state index is 12.8. The molecule has 0 atom stereocenters. The Labute approximate surface area is 156 Å². The average molecular weight is 374 g/mol. The highest BCUT2D eigenvalue weighted by atomic mass is 19.4. The lowest BCUT2D eigenvalue weighted by Gasteiger charge is -2.53. The lowest BCUT2D eigenvalue weighted by molar-refractivity contribution is -0.137. The minimum Gasteiger partial charge on any atom is -0.321 e. The number of carbonyl (C=O) groups is 1. The van der Waals surface area contributed by atoms with E-state index in [0.29, 0.717) is 12.2 Å². The van der Waals surface area contributed by atoms with Crippen LogP contribution in [0.3, 0.4) is 0 Å². The fraction of sp³-hybridized carbons (Fsp3) is 0.381. The standard InChI is InChI=1S/C21H21F3N2O/c22-21(23,24)16-6-8-17(9-7-16)25-19(27)26-14-20(12-10-18(26)11-13-20)15-4-2-1-3-5-15/h1-9,18H,10-14H2,(H,25,27).